The van der Waals surface area contributed by atoms with Crippen LogP contribution in [0.25, 0.3) is 33.3 Å². The highest BCUT2D eigenvalue weighted by Crippen LogP contribution is 2.43. The lowest BCUT2D eigenvalue weighted by molar-refractivity contribution is 0.0600. The van der Waals surface area contributed by atoms with E-state index in [0.29, 0.717) is 5.56 Å². The number of hydrogen-bond donors (Lipinski definition) is 0. The molecule has 0 amide bonds. The van der Waals surface area contributed by atoms with Crippen LogP contribution < -0.4 is 27.3 Å². The van der Waals surface area contributed by atoms with E-state index < -0.39 is 5.44 Å². The lowest BCUT2D eigenvalue weighted by Gasteiger charge is -2.48. The third-order valence-electron chi connectivity index (χ3n) is 10.0. The Morgan fingerprint density at radius 2 is 1.47 bits per heavy atom. The quantitative estimate of drug-likeness (QED) is 0.153. The molecule has 206 valence electrons. The topological polar surface area (TPSA) is 70.2 Å². The van der Waals surface area contributed by atoms with Gasteiger partial charge in [0, 0.05) is 34.5 Å². The Bertz CT molecular complexity index is 1860. The molecule has 6 nitrogen and oxygen atoms in total. The lowest BCUT2D eigenvalue weighted by Crippen LogP contribution is -2.63. The molecule has 15 heteroatoms. The maximum atomic E-state index is 12.2. The number of aromatic nitrogens is 3. The largest absolute Gasteiger partial charge is 0.465 e. The Balaban J connectivity index is 1.90. The Morgan fingerprint density at radius 1 is 0.884 bits per heavy atom. The second kappa shape index (κ2) is 10.8. The van der Waals surface area contributed by atoms with Gasteiger partial charge in [0.1, 0.15) is 52.8 Å². The van der Waals surface area contributed by atoms with Crippen molar-refractivity contribution in [3.05, 3.63) is 65.3 Å². The minimum Gasteiger partial charge on any atom is -0.465 e. The lowest BCUT2D eigenvalue weighted by atomic mass is 9.28. The number of hydrogen-bond acceptors (Lipinski definition) is 5. The molecule has 0 fully saturated rings. The van der Waals surface area contributed by atoms with Crippen LogP contribution in [0.2, 0.25) is 5.11 Å². The van der Waals surface area contributed by atoms with Gasteiger partial charge in [-0.2, -0.15) is 0 Å². The maximum Gasteiger partial charge on any atom is 0.337 e. The van der Waals surface area contributed by atoms with Gasteiger partial charge in [-0.15, -0.1) is 16.4 Å². The molecule has 5 aromatic rings. The van der Waals surface area contributed by atoms with E-state index in [1.807, 2.05) is 44.3 Å². The van der Waals surface area contributed by atoms with Gasteiger partial charge in [0.05, 0.1) is 52.9 Å². The van der Waals surface area contributed by atoms with E-state index in [0.717, 1.165) is 44.7 Å². The zero-order valence-corrected chi connectivity index (χ0v) is 27.6. The number of rotatable bonds is 6. The standard InChI is InChI=1S/C28H34B9N3O3/c1-11-18(12(2)43-39-11)15-8-17-25(38-9-15)16(13-4-6-14(7-5-13)26(41)42-3)10-40(17)27(34,28(35,36)37)19-20(29)22(31)24(33)23(32)21(19)30/h4-10H,29-37H2,1-3H3. The van der Waals surface area contributed by atoms with Crippen molar-refractivity contribution in [3.8, 4) is 22.3 Å². The van der Waals surface area contributed by atoms with Gasteiger partial charge in [0.2, 0.25) is 0 Å². The Labute approximate surface area is 262 Å². The summed E-state index contributed by atoms with van der Waals surface area (Å²) in [4.78, 5) is 17.3. The van der Waals surface area contributed by atoms with Gasteiger partial charge >= 0.3 is 5.97 Å². The number of carbonyl (C=O) groups excluding carboxylic acids is 1. The molecule has 2 aromatic carbocycles. The summed E-state index contributed by atoms with van der Waals surface area (Å²) in [5.74, 6) is 0.415. The van der Waals surface area contributed by atoms with Gasteiger partial charge in [0.25, 0.3) is 0 Å². The molecule has 3 heterocycles. The minimum atomic E-state index is -0.452. The first kappa shape index (κ1) is 30.8. The zero-order chi connectivity index (χ0) is 31.6. The van der Waals surface area contributed by atoms with Crippen molar-refractivity contribution < 1.29 is 14.1 Å². The molecule has 5 rings (SSSR count). The maximum absolute atomic E-state index is 12.2. The smallest absolute Gasteiger partial charge is 0.337 e. The van der Waals surface area contributed by atoms with Crippen molar-refractivity contribution in [1.29, 1.82) is 0 Å². The average molecular weight is 558 g/mol. The predicted molar refractivity (Wildman–Crippen MR) is 203 cm³/mol. The van der Waals surface area contributed by atoms with Crippen LogP contribution in [0, 0.1) is 13.8 Å². The first-order chi connectivity index (χ1) is 20.1. The molecule has 0 bridgehead atoms. The van der Waals surface area contributed by atoms with Crippen molar-refractivity contribution in [2.24, 2.45) is 0 Å². The fraction of sp³-hybridized carbons (Fsp3) is 0.179. The fourth-order valence-corrected chi connectivity index (χ4v) is 6.71. The van der Waals surface area contributed by atoms with Crippen LogP contribution in [-0.2, 0) is 10.2 Å². The van der Waals surface area contributed by atoms with Crippen LogP contribution in [0.15, 0.2) is 47.2 Å². The monoisotopic (exact) mass is 559 g/mol. The molecular formula is C28H34B9N3O3. The summed E-state index contributed by atoms with van der Waals surface area (Å²) >= 11 is 0. The molecule has 0 saturated heterocycles. The van der Waals surface area contributed by atoms with E-state index in [-0.39, 0.29) is 11.1 Å². The van der Waals surface area contributed by atoms with Crippen LogP contribution in [0.4, 0.5) is 0 Å². The summed E-state index contributed by atoms with van der Waals surface area (Å²) in [7, 11) is 21.9. The molecule has 1 unspecified atom stereocenters. The highest BCUT2D eigenvalue weighted by atomic mass is 16.5. The predicted octanol–water partition coefficient (Wildman–Crippen LogP) is -6.64. The van der Waals surface area contributed by atoms with Gasteiger partial charge in [-0.25, -0.2) is 4.79 Å². The van der Waals surface area contributed by atoms with Crippen molar-refractivity contribution in [2.75, 3.05) is 7.11 Å². The van der Waals surface area contributed by atoms with E-state index in [9.17, 15) is 4.79 Å². The molecule has 0 spiro atoms. The van der Waals surface area contributed by atoms with Crippen LogP contribution in [0.1, 0.15) is 27.4 Å². The van der Waals surface area contributed by atoms with Gasteiger partial charge in [-0.05, 0) is 43.2 Å². The Hall–Kier alpha value is -3.61. The summed E-state index contributed by atoms with van der Waals surface area (Å²) in [6, 6.07) is 9.80. The fourth-order valence-electron chi connectivity index (χ4n) is 6.71. The van der Waals surface area contributed by atoms with Gasteiger partial charge in [0.15, 0.2) is 0 Å². The molecule has 43 heavy (non-hydrogen) atoms. The number of carbonyl (C=O) groups is 1. The summed E-state index contributed by atoms with van der Waals surface area (Å²) in [5.41, 5.74) is 14.7. The Kier molecular flexibility index (Phi) is 7.77. The van der Waals surface area contributed by atoms with Gasteiger partial charge in [-0.1, -0.05) is 33.3 Å². The molecule has 0 saturated carbocycles. The molecule has 0 aliphatic rings. The van der Waals surface area contributed by atoms with Crippen LogP contribution in [-0.4, -0.2) is 98.4 Å². The van der Waals surface area contributed by atoms with Crippen LogP contribution in [0.3, 0.4) is 0 Å². The van der Waals surface area contributed by atoms with E-state index in [2.05, 4.69) is 92.6 Å². The number of aryl methyl sites for hydroxylation is 2. The van der Waals surface area contributed by atoms with E-state index in [1.165, 1.54) is 40.0 Å². The second-order valence-electron chi connectivity index (χ2n) is 13.1. The van der Waals surface area contributed by atoms with Gasteiger partial charge < -0.3 is 13.8 Å². The van der Waals surface area contributed by atoms with Crippen LogP contribution >= 0.6 is 0 Å². The average Bonchev–Trinajstić information content (AvgIpc) is 3.52. The molecule has 0 radical (unpaired) electrons. The van der Waals surface area contributed by atoms with Crippen LogP contribution in [0.5, 0.6) is 0 Å². The minimum absolute atomic E-state index is 0.187. The first-order valence-corrected chi connectivity index (χ1v) is 14.8. The summed E-state index contributed by atoms with van der Waals surface area (Å²) < 4.78 is 12.9. The van der Waals surface area contributed by atoms with Crippen molar-refractivity contribution in [2.45, 2.75) is 24.4 Å². The summed E-state index contributed by atoms with van der Waals surface area (Å²) in [6.45, 7) is 3.91. The third kappa shape index (κ3) is 4.76. The van der Waals surface area contributed by atoms with E-state index in [4.69, 9.17) is 14.2 Å². The molecule has 3 aromatic heterocycles. The highest BCUT2D eigenvalue weighted by Gasteiger charge is 2.43. The number of nitrogens with zero attached hydrogens (tertiary/aromatic N) is 3. The zero-order valence-electron chi connectivity index (χ0n) is 27.6. The van der Waals surface area contributed by atoms with Crippen molar-refractivity contribution in [1.82, 2.24) is 14.7 Å². The van der Waals surface area contributed by atoms with E-state index in [1.54, 1.807) is 0 Å². The molecular weight excluding hydrogens is 524 g/mol. The molecule has 0 N–H and O–H groups in total. The molecule has 1 atom stereocenters. The number of ether oxygens (including phenoxy) is 1. The normalized spacial score (nSPS) is 13.2. The molecule has 0 aliphatic carbocycles. The third-order valence-corrected chi connectivity index (χ3v) is 10.0. The van der Waals surface area contributed by atoms with Crippen molar-refractivity contribution in [3.63, 3.8) is 0 Å². The number of esters is 1. The number of benzene rings is 2. The second-order valence-corrected chi connectivity index (χ2v) is 13.1. The Morgan fingerprint density at radius 3 is 1.98 bits per heavy atom. The number of fused-ring (bicyclic) bond motifs is 1. The highest BCUT2D eigenvalue weighted by molar-refractivity contribution is 6.69. The number of methoxy groups -OCH3 is 1. The van der Waals surface area contributed by atoms with E-state index >= 15 is 0 Å². The summed E-state index contributed by atoms with van der Waals surface area (Å²) in [6.07, 6.45) is 4.16. The van der Waals surface area contributed by atoms with Gasteiger partial charge in [-0.3, -0.25) is 4.98 Å². The van der Waals surface area contributed by atoms with Crippen molar-refractivity contribution >= 4 is 115 Å². The number of pyridine rings is 1. The first-order valence-electron chi connectivity index (χ1n) is 14.8. The molecule has 0 aliphatic heterocycles. The SMILES string of the molecule is Bc1c(B)c(B)c(C(B)(n2cc(-c3ccc(C(=O)OC)cc3)c3ncc(-c4c(C)noc4C)cc32)C(B)(B)B)c(B)c1B. The summed E-state index contributed by atoms with van der Waals surface area (Å²) in [5, 5.41) is 4.03.